The molecule has 100 valence electrons. The normalized spacial score (nSPS) is 16.9. The van der Waals surface area contributed by atoms with Gasteiger partial charge in [-0.3, -0.25) is 0 Å². The minimum atomic E-state index is 0.442. The zero-order valence-corrected chi connectivity index (χ0v) is 11.8. The van der Waals surface area contributed by atoms with Gasteiger partial charge < -0.3 is 10.1 Å². The smallest absolute Gasteiger partial charge is 0.120 e. The number of ether oxygens (including phenoxy) is 1. The lowest BCUT2D eigenvalue weighted by Crippen LogP contribution is -2.22. The van der Waals surface area contributed by atoms with Crippen molar-refractivity contribution in [2.24, 2.45) is 5.92 Å². The number of nitrogens with one attached hydrogen (secondary N) is 1. The summed E-state index contributed by atoms with van der Waals surface area (Å²) in [6.45, 7) is 7.72. The molecule has 1 N–H and O–H groups in total. The molecule has 1 aliphatic carbocycles. The molecule has 1 aromatic rings. The summed E-state index contributed by atoms with van der Waals surface area (Å²) in [6.07, 6.45) is 4.07. The molecule has 0 saturated heterocycles. The van der Waals surface area contributed by atoms with Gasteiger partial charge in [0.15, 0.2) is 0 Å². The van der Waals surface area contributed by atoms with E-state index in [4.69, 9.17) is 4.74 Å². The van der Waals surface area contributed by atoms with Crippen LogP contribution in [0.25, 0.3) is 0 Å². The third-order valence-electron chi connectivity index (χ3n) is 3.25. The van der Waals surface area contributed by atoms with E-state index < -0.39 is 0 Å². The maximum atomic E-state index is 5.87. The predicted octanol–water partition coefficient (Wildman–Crippen LogP) is 3.92. The maximum Gasteiger partial charge on any atom is 0.120 e. The van der Waals surface area contributed by atoms with Crippen molar-refractivity contribution in [3.63, 3.8) is 0 Å². The molecule has 1 saturated carbocycles. The van der Waals surface area contributed by atoms with Gasteiger partial charge in [-0.05, 0) is 49.4 Å². The van der Waals surface area contributed by atoms with E-state index in [-0.39, 0.29) is 0 Å². The van der Waals surface area contributed by atoms with Crippen molar-refractivity contribution in [1.82, 2.24) is 5.32 Å². The summed E-state index contributed by atoms with van der Waals surface area (Å²) >= 11 is 0. The van der Waals surface area contributed by atoms with E-state index in [9.17, 15) is 0 Å². The van der Waals surface area contributed by atoms with Gasteiger partial charge in [-0.2, -0.15) is 0 Å². The van der Waals surface area contributed by atoms with Crippen LogP contribution in [0, 0.1) is 5.92 Å². The first-order valence-electron chi connectivity index (χ1n) is 7.19. The third-order valence-corrected chi connectivity index (χ3v) is 3.25. The largest absolute Gasteiger partial charge is 0.490 e. The van der Waals surface area contributed by atoms with Crippen LogP contribution in [-0.4, -0.2) is 12.6 Å². The second-order valence-corrected chi connectivity index (χ2v) is 5.63. The molecule has 18 heavy (non-hydrogen) atoms. The van der Waals surface area contributed by atoms with Crippen molar-refractivity contribution in [3.05, 3.63) is 29.8 Å². The summed E-state index contributed by atoms with van der Waals surface area (Å²) in [5, 5.41) is 3.57. The van der Waals surface area contributed by atoms with Crippen LogP contribution in [0.3, 0.4) is 0 Å². The average molecular weight is 247 g/mol. The second-order valence-electron chi connectivity index (χ2n) is 5.63. The van der Waals surface area contributed by atoms with Crippen LogP contribution in [0.4, 0.5) is 0 Å². The maximum absolute atomic E-state index is 5.87. The molecular formula is C16H25NO. The molecule has 0 amide bonds. The summed E-state index contributed by atoms with van der Waals surface area (Å²) in [6, 6.07) is 9.03. The Labute approximate surface area is 111 Å². The Hall–Kier alpha value is -1.02. The first-order valence-corrected chi connectivity index (χ1v) is 7.19. The average Bonchev–Trinajstić information content (AvgIpc) is 3.12. The molecule has 0 aliphatic heterocycles. The van der Waals surface area contributed by atoms with Gasteiger partial charge in [-0.15, -0.1) is 0 Å². The highest BCUT2D eigenvalue weighted by Gasteiger charge is 2.23. The molecule has 1 fully saturated rings. The van der Waals surface area contributed by atoms with E-state index in [0.717, 1.165) is 12.3 Å². The minimum absolute atomic E-state index is 0.442. The van der Waals surface area contributed by atoms with Crippen molar-refractivity contribution >= 4 is 0 Å². The van der Waals surface area contributed by atoms with Crippen LogP contribution >= 0.6 is 0 Å². The summed E-state index contributed by atoms with van der Waals surface area (Å²) in [5.74, 6) is 1.73. The number of rotatable bonds is 7. The molecule has 1 unspecified atom stereocenters. The summed E-state index contributed by atoms with van der Waals surface area (Å²) in [4.78, 5) is 0. The van der Waals surface area contributed by atoms with Crippen LogP contribution in [0.2, 0.25) is 0 Å². The van der Waals surface area contributed by atoms with Gasteiger partial charge in [0.05, 0.1) is 6.10 Å². The molecule has 2 rings (SSSR count). The third kappa shape index (κ3) is 4.02. The standard InChI is InChI=1S/C16H25NO/c1-4-17-16(10-12(2)3)13-6-5-7-15(11-13)18-14-8-9-14/h5-7,11-12,14,16-17H,4,8-10H2,1-3H3. The lowest BCUT2D eigenvalue weighted by Gasteiger charge is -2.21. The Bertz CT molecular complexity index is 371. The van der Waals surface area contributed by atoms with Crippen molar-refractivity contribution in [3.8, 4) is 5.75 Å². The van der Waals surface area contributed by atoms with Gasteiger partial charge in [-0.25, -0.2) is 0 Å². The van der Waals surface area contributed by atoms with Gasteiger partial charge in [0.2, 0.25) is 0 Å². The zero-order valence-electron chi connectivity index (χ0n) is 11.8. The van der Waals surface area contributed by atoms with Gasteiger partial charge >= 0.3 is 0 Å². The topological polar surface area (TPSA) is 21.3 Å². The van der Waals surface area contributed by atoms with Gasteiger partial charge in [0, 0.05) is 6.04 Å². The highest BCUT2D eigenvalue weighted by molar-refractivity contribution is 5.31. The molecule has 0 bridgehead atoms. The van der Waals surface area contributed by atoms with E-state index in [0.29, 0.717) is 18.1 Å². The highest BCUT2D eigenvalue weighted by atomic mass is 16.5. The van der Waals surface area contributed by atoms with Gasteiger partial charge in [0.25, 0.3) is 0 Å². The second kappa shape index (κ2) is 6.24. The number of hydrogen-bond donors (Lipinski definition) is 1. The van der Waals surface area contributed by atoms with Crippen molar-refractivity contribution < 1.29 is 4.74 Å². The number of hydrogen-bond acceptors (Lipinski definition) is 2. The van der Waals surface area contributed by atoms with Crippen molar-refractivity contribution in [2.75, 3.05) is 6.54 Å². The summed E-state index contributed by atoms with van der Waals surface area (Å²) < 4.78 is 5.87. The SMILES string of the molecule is CCNC(CC(C)C)c1cccc(OC2CC2)c1. The fraction of sp³-hybridized carbons (Fsp3) is 0.625. The van der Waals surface area contributed by atoms with Crippen LogP contribution in [0.1, 0.15) is 51.6 Å². The molecule has 0 spiro atoms. The number of benzene rings is 1. The Morgan fingerprint density at radius 2 is 2.11 bits per heavy atom. The molecule has 0 heterocycles. The predicted molar refractivity (Wildman–Crippen MR) is 76.0 cm³/mol. The lowest BCUT2D eigenvalue weighted by atomic mass is 9.97. The molecule has 2 nitrogen and oxygen atoms in total. The van der Waals surface area contributed by atoms with Crippen LogP contribution in [-0.2, 0) is 0 Å². The van der Waals surface area contributed by atoms with E-state index in [1.54, 1.807) is 0 Å². The molecule has 1 aromatic carbocycles. The first kappa shape index (κ1) is 13.4. The molecule has 0 aromatic heterocycles. The van der Waals surface area contributed by atoms with Crippen LogP contribution < -0.4 is 10.1 Å². The summed E-state index contributed by atoms with van der Waals surface area (Å²) in [5.41, 5.74) is 1.35. The van der Waals surface area contributed by atoms with E-state index in [1.807, 2.05) is 0 Å². The van der Waals surface area contributed by atoms with E-state index in [1.165, 1.54) is 24.8 Å². The minimum Gasteiger partial charge on any atom is -0.490 e. The van der Waals surface area contributed by atoms with E-state index >= 15 is 0 Å². The molecule has 0 radical (unpaired) electrons. The Morgan fingerprint density at radius 1 is 1.33 bits per heavy atom. The molecular weight excluding hydrogens is 222 g/mol. The zero-order chi connectivity index (χ0) is 13.0. The molecule has 1 atom stereocenters. The fourth-order valence-electron chi connectivity index (χ4n) is 2.24. The van der Waals surface area contributed by atoms with Crippen molar-refractivity contribution in [1.29, 1.82) is 0 Å². The molecule has 1 aliphatic rings. The van der Waals surface area contributed by atoms with Gasteiger partial charge in [0.1, 0.15) is 5.75 Å². The Balaban J connectivity index is 2.06. The van der Waals surface area contributed by atoms with Crippen LogP contribution in [0.15, 0.2) is 24.3 Å². The molecule has 2 heteroatoms. The van der Waals surface area contributed by atoms with Crippen molar-refractivity contribution in [2.45, 2.75) is 52.2 Å². The highest BCUT2D eigenvalue weighted by Crippen LogP contribution is 2.29. The monoisotopic (exact) mass is 247 g/mol. The lowest BCUT2D eigenvalue weighted by molar-refractivity contribution is 0.302. The Kier molecular flexibility index (Phi) is 4.65. The van der Waals surface area contributed by atoms with E-state index in [2.05, 4.69) is 50.4 Å². The summed E-state index contributed by atoms with van der Waals surface area (Å²) in [7, 11) is 0. The van der Waals surface area contributed by atoms with Crippen LogP contribution in [0.5, 0.6) is 5.75 Å². The first-order chi connectivity index (χ1) is 8.69. The quantitative estimate of drug-likeness (QED) is 0.788. The fourth-order valence-corrected chi connectivity index (χ4v) is 2.24. The Morgan fingerprint density at radius 3 is 2.72 bits per heavy atom. The van der Waals surface area contributed by atoms with Gasteiger partial charge in [-0.1, -0.05) is 32.9 Å².